The number of carbonyl (C=O) groups excluding carboxylic acids is 1. The zero-order valence-corrected chi connectivity index (χ0v) is 8.86. The van der Waals surface area contributed by atoms with E-state index in [4.69, 9.17) is 4.74 Å². The minimum atomic E-state index is -0.0422. The zero-order valence-electron chi connectivity index (χ0n) is 8.04. The normalized spacial score (nSPS) is 30.1. The van der Waals surface area contributed by atoms with Crippen LogP contribution in [-0.2, 0) is 9.53 Å². The summed E-state index contributed by atoms with van der Waals surface area (Å²) < 4.78 is 5.13. The van der Waals surface area contributed by atoms with Crippen LogP contribution in [0.5, 0.6) is 0 Å². The van der Waals surface area contributed by atoms with Gasteiger partial charge in [0.1, 0.15) is 0 Å². The third-order valence-corrected chi connectivity index (χ3v) is 4.34. The maximum Gasteiger partial charge on any atom is 0.312 e. The fourth-order valence-electron chi connectivity index (χ4n) is 2.16. The third-order valence-electron chi connectivity index (χ3n) is 3.18. The van der Waals surface area contributed by atoms with E-state index in [1.165, 1.54) is 17.9 Å². The van der Waals surface area contributed by atoms with Gasteiger partial charge in [-0.1, -0.05) is 0 Å². The van der Waals surface area contributed by atoms with Crippen LogP contribution in [0.15, 0.2) is 0 Å². The van der Waals surface area contributed by atoms with Crippen LogP contribution in [0.3, 0.4) is 0 Å². The molecule has 1 aliphatic carbocycles. The van der Waals surface area contributed by atoms with Crippen LogP contribution < -0.4 is 0 Å². The lowest BCUT2D eigenvalue weighted by atomic mass is 9.89. The van der Waals surface area contributed by atoms with Gasteiger partial charge in [-0.05, 0) is 43.6 Å². The molecule has 2 rings (SSSR count). The number of rotatable bonds is 3. The fourth-order valence-corrected chi connectivity index (χ4v) is 3.55. The van der Waals surface area contributed by atoms with E-state index in [0.717, 1.165) is 12.8 Å². The standard InChI is InChI=1S/C10H16O2S/c1-2-12-9(11)10(4-5-10)8-3-6-13-7-8/h8H,2-7H2,1H3. The number of carbonyl (C=O) groups is 1. The Bertz CT molecular complexity index is 205. The molecule has 0 aromatic heterocycles. The Hall–Kier alpha value is -0.180. The average Bonchev–Trinajstić information content (AvgIpc) is 2.76. The molecule has 74 valence electrons. The first kappa shape index (κ1) is 9.38. The van der Waals surface area contributed by atoms with Crippen LogP contribution in [0.4, 0.5) is 0 Å². The first-order chi connectivity index (χ1) is 6.29. The van der Waals surface area contributed by atoms with Crippen LogP contribution in [0.1, 0.15) is 26.2 Å². The summed E-state index contributed by atoms with van der Waals surface area (Å²) in [6.45, 7) is 2.41. The molecule has 0 amide bonds. The van der Waals surface area contributed by atoms with Gasteiger partial charge < -0.3 is 4.74 Å². The van der Waals surface area contributed by atoms with E-state index in [1.54, 1.807) is 0 Å². The predicted octanol–water partition coefficient (Wildman–Crippen LogP) is 2.08. The molecule has 2 fully saturated rings. The molecule has 0 radical (unpaired) electrons. The number of hydrogen-bond donors (Lipinski definition) is 0. The van der Waals surface area contributed by atoms with Crippen molar-refractivity contribution in [2.75, 3.05) is 18.1 Å². The second-order valence-corrected chi connectivity index (χ2v) is 5.09. The minimum Gasteiger partial charge on any atom is -0.466 e. The molecule has 1 unspecified atom stereocenters. The van der Waals surface area contributed by atoms with Gasteiger partial charge >= 0.3 is 5.97 Å². The Morgan fingerprint density at radius 1 is 1.62 bits per heavy atom. The van der Waals surface area contributed by atoms with Crippen molar-refractivity contribution in [3.63, 3.8) is 0 Å². The second-order valence-electron chi connectivity index (χ2n) is 3.94. The number of thioether (sulfide) groups is 1. The van der Waals surface area contributed by atoms with Crippen molar-refractivity contribution in [3.05, 3.63) is 0 Å². The van der Waals surface area contributed by atoms with E-state index in [9.17, 15) is 4.79 Å². The highest BCUT2D eigenvalue weighted by atomic mass is 32.2. The molecule has 0 N–H and O–H groups in total. The summed E-state index contributed by atoms with van der Waals surface area (Å²) in [5.74, 6) is 3.07. The van der Waals surface area contributed by atoms with E-state index in [1.807, 2.05) is 18.7 Å². The first-order valence-corrected chi connectivity index (χ1v) is 6.20. The highest BCUT2D eigenvalue weighted by molar-refractivity contribution is 7.99. The zero-order chi connectivity index (χ0) is 9.31. The summed E-state index contributed by atoms with van der Waals surface area (Å²) >= 11 is 1.98. The smallest absolute Gasteiger partial charge is 0.312 e. The SMILES string of the molecule is CCOC(=O)C1(C2CCSC2)CC1. The molecule has 2 nitrogen and oxygen atoms in total. The van der Waals surface area contributed by atoms with Gasteiger partial charge in [-0.25, -0.2) is 0 Å². The molecular formula is C10H16O2S. The van der Waals surface area contributed by atoms with Crippen LogP contribution in [-0.4, -0.2) is 24.1 Å². The Balaban J connectivity index is 1.98. The van der Waals surface area contributed by atoms with E-state index < -0.39 is 0 Å². The molecule has 0 spiro atoms. The van der Waals surface area contributed by atoms with Crippen molar-refractivity contribution in [3.8, 4) is 0 Å². The van der Waals surface area contributed by atoms with Crippen molar-refractivity contribution >= 4 is 17.7 Å². The monoisotopic (exact) mass is 200 g/mol. The van der Waals surface area contributed by atoms with Gasteiger partial charge in [0.2, 0.25) is 0 Å². The average molecular weight is 200 g/mol. The van der Waals surface area contributed by atoms with Gasteiger partial charge in [0.05, 0.1) is 12.0 Å². The van der Waals surface area contributed by atoms with E-state index >= 15 is 0 Å². The molecule has 13 heavy (non-hydrogen) atoms. The lowest BCUT2D eigenvalue weighted by Gasteiger charge is -2.19. The minimum absolute atomic E-state index is 0.0422. The Morgan fingerprint density at radius 2 is 2.38 bits per heavy atom. The quantitative estimate of drug-likeness (QED) is 0.652. The van der Waals surface area contributed by atoms with Crippen LogP contribution in [0.2, 0.25) is 0 Å². The molecule has 0 aromatic rings. The lowest BCUT2D eigenvalue weighted by molar-refractivity contribution is -0.151. The molecule has 1 aliphatic heterocycles. The Labute approximate surface area is 83.4 Å². The van der Waals surface area contributed by atoms with Crippen LogP contribution >= 0.6 is 11.8 Å². The summed E-state index contributed by atoms with van der Waals surface area (Å²) in [7, 11) is 0. The second kappa shape index (κ2) is 3.52. The number of hydrogen-bond acceptors (Lipinski definition) is 3. The molecule has 1 saturated heterocycles. The largest absolute Gasteiger partial charge is 0.466 e. The van der Waals surface area contributed by atoms with E-state index in [2.05, 4.69) is 0 Å². The predicted molar refractivity (Wildman–Crippen MR) is 53.7 cm³/mol. The van der Waals surface area contributed by atoms with E-state index in [-0.39, 0.29) is 11.4 Å². The first-order valence-electron chi connectivity index (χ1n) is 5.04. The molecule has 2 aliphatic rings. The number of esters is 1. The fraction of sp³-hybridized carbons (Fsp3) is 0.900. The molecule has 1 atom stereocenters. The van der Waals surface area contributed by atoms with Gasteiger partial charge in [-0.15, -0.1) is 0 Å². The molecule has 1 heterocycles. The summed E-state index contributed by atoms with van der Waals surface area (Å²) in [4.78, 5) is 11.7. The van der Waals surface area contributed by atoms with Crippen LogP contribution in [0, 0.1) is 11.3 Å². The van der Waals surface area contributed by atoms with Crippen molar-refractivity contribution in [1.29, 1.82) is 0 Å². The summed E-state index contributed by atoms with van der Waals surface area (Å²) in [5, 5.41) is 0. The molecule has 1 saturated carbocycles. The highest BCUT2D eigenvalue weighted by Crippen LogP contribution is 2.56. The third kappa shape index (κ3) is 1.58. The summed E-state index contributed by atoms with van der Waals surface area (Å²) in [5.41, 5.74) is -0.0422. The maximum atomic E-state index is 11.7. The van der Waals surface area contributed by atoms with Gasteiger partial charge in [0.25, 0.3) is 0 Å². The van der Waals surface area contributed by atoms with Gasteiger partial charge in [0, 0.05) is 0 Å². The Kier molecular flexibility index (Phi) is 2.54. The molecule has 3 heteroatoms. The maximum absolute atomic E-state index is 11.7. The topological polar surface area (TPSA) is 26.3 Å². The van der Waals surface area contributed by atoms with Crippen molar-refractivity contribution in [2.24, 2.45) is 11.3 Å². The van der Waals surface area contributed by atoms with Crippen molar-refractivity contribution in [1.82, 2.24) is 0 Å². The lowest BCUT2D eigenvalue weighted by Crippen LogP contribution is -2.27. The molecular weight excluding hydrogens is 184 g/mol. The van der Waals surface area contributed by atoms with Gasteiger partial charge in [-0.3, -0.25) is 4.79 Å². The van der Waals surface area contributed by atoms with Crippen LogP contribution in [0.25, 0.3) is 0 Å². The summed E-state index contributed by atoms with van der Waals surface area (Å²) in [6.07, 6.45) is 3.34. The van der Waals surface area contributed by atoms with Gasteiger partial charge in [0.15, 0.2) is 0 Å². The summed E-state index contributed by atoms with van der Waals surface area (Å²) in [6, 6.07) is 0. The molecule has 0 bridgehead atoms. The highest BCUT2D eigenvalue weighted by Gasteiger charge is 2.57. The number of ether oxygens (including phenoxy) is 1. The molecule has 0 aromatic carbocycles. The van der Waals surface area contributed by atoms with Gasteiger partial charge in [-0.2, -0.15) is 11.8 Å². The van der Waals surface area contributed by atoms with Crippen molar-refractivity contribution < 1.29 is 9.53 Å². The van der Waals surface area contributed by atoms with Crippen molar-refractivity contribution in [2.45, 2.75) is 26.2 Å². The Morgan fingerprint density at radius 3 is 2.85 bits per heavy atom. The van der Waals surface area contributed by atoms with E-state index in [0.29, 0.717) is 12.5 Å².